The summed E-state index contributed by atoms with van der Waals surface area (Å²) in [5.41, 5.74) is 13.2. The second-order valence-corrected chi connectivity index (χ2v) is 24.6. The average Bonchev–Trinajstić information content (AvgIpc) is 1.34. The summed E-state index contributed by atoms with van der Waals surface area (Å²) in [5, 5.41) is 30.4. The number of methoxy groups -OCH3 is 1. The number of tetrazole rings is 2. The predicted molar refractivity (Wildman–Crippen MR) is 377 cm³/mol. The van der Waals surface area contributed by atoms with Gasteiger partial charge < -0.3 is 4.74 Å². The second kappa shape index (κ2) is 25.4. The van der Waals surface area contributed by atoms with Crippen molar-refractivity contribution in [2.45, 2.75) is 48.8 Å². The largest absolute Gasteiger partial charge is 0.465 e. The van der Waals surface area contributed by atoms with E-state index in [-0.39, 0.29) is 0 Å². The lowest BCUT2D eigenvalue weighted by Crippen LogP contribution is -2.39. The molecule has 0 fully saturated rings. The summed E-state index contributed by atoms with van der Waals surface area (Å²) in [6.07, 6.45) is 9.12. The first kappa shape index (κ1) is 60.0. The molecule has 0 saturated heterocycles. The highest BCUT2D eigenvalue weighted by atomic mass is 16.5. The van der Waals surface area contributed by atoms with Crippen molar-refractivity contribution >= 4 is 18.4 Å². The number of hydrogen-bond donors (Lipinski definition) is 0. The number of esters is 1. The Labute approximate surface area is 557 Å². The molecule has 0 radical (unpaired) electrons. The number of aliphatic imine (C=N–C) groups is 2. The summed E-state index contributed by atoms with van der Waals surface area (Å²) in [6, 6.07) is 99.3. The van der Waals surface area contributed by atoms with Crippen molar-refractivity contribution < 1.29 is 9.53 Å². The smallest absolute Gasteiger partial charge is 0.339 e. The molecule has 13 aromatic rings. The van der Waals surface area contributed by atoms with Gasteiger partial charge in [0.1, 0.15) is 11.1 Å². The van der Waals surface area contributed by atoms with Crippen molar-refractivity contribution in [1.82, 2.24) is 45.4 Å². The van der Waals surface area contributed by atoms with Crippen LogP contribution in [0.5, 0.6) is 0 Å². The molecule has 5 heterocycles. The van der Waals surface area contributed by atoms with E-state index in [1.165, 1.54) is 7.11 Å². The van der Waals surface area contributed by atoms with Crippen LogP contribution >= 0.6 is 0 Å². The lowest BCUT2D eigenvalue weighted by Gasteiger charge is -2.34. The molecule has 2 aliphatic rings. The number of nitrogens with zero attached hydrogens (tertiary/aromatic N) is 11. The van der Waals surface area contributed by atoms with Gasteiger partial charge in [-0.2, -0.15) is 0 Å². The zero-order chi connectivity index (χ0) is 65.1. The highest BCUT2D eigenvalue weighted by molar-refractivity contribution is 5.93. The number of aromatic nitrogens is 9. The molecular formula is C83H65N11O2. The summed E-state index contributed by atoms with van der Waals surface area (Å²) in [6.45, 7) is 4.03. The Bertz CT molecular complexity index is 4890. The van der Waals surface area contributed by atoms with Gasteiger partial charge in [0.25, 0.3) is 0 Å². The van der Waals surface area contributed by atoms with Crippen LogP contribution in [0.15, 0.2) is 324 Å². The molecule has 13 nitrogen and oxygen atoms in total. The van der Waals surface area contributed by atoms with Crippen LogP contribution in [0.25, 0.3) is 45.0 Å². The van der Waals surface area contributed by atoms with E-state index in [1.807, 2.05) is 178 Å². The minimum atomic E-state index is -1.04. The van der Waals surface area contributed by atoms with Gasteiger partial charge in [-0.05, 0) is 151 Å². The number of allylic oxidation sites excluding steroid dienone is 2. The number of rotatable bonds is 19. The molecule has 10 aromatic carbocycles. The maximum Gasteiger partial charge on any atom is 0.339 e. The second-order valence-electron chi connectivity index (χ2n) is 24.6. The van der Waals surface area contributed by atoms with Crippen LogP contribution < -0.4 is 0 Å². The van der Waals surface area contributed by atoms with Gasteiger partial charge in [0.2, 0.25) is 11.6 Å². The van der Waals surface area contributed by atoms with E-state index in [9.17, 15) is 4.79 Å². The first-order valence-electron chi connectivity index (χ1n) is 32.1. The van der Waals surface area contributed by atoms with Crippen molar-refractivity contribution in [2.24, 2.45) is 9.98 Å². The van der Waals surface area contributed by atoms with Crippen LogP contribution in [0, 0.1) is 0 Å². The molecule has 0 bridgehead atoms. The summed E-state index contributed by atoms with van der Waals surface area (Å²) < 4.78 is 5.41. The Morgan fingerprint density at radius 1 is 0.406 bits per heavy atom. The van der Waals surface area contributed by atoms with Crippen molar-refractivity contribution in [2.75, 3.05) is 7.11 Å². The van der Waals surface area contributed by atoms with E-state index in [0.717, 1.165) is 89.0 Å². The lowest BCUT2D eigenvalue weighted by atomic mass is 9.77. The average molecular weight is 1250 g/mol. The molecule has 3 aromatic heterocycles. The van der Waals surface area contributed by atoms with Crippen molar-refractivity contribution in [1.29, 1.82) is 0 Å². The molecule has 0 amide bonds. The standard InChI is InChI=1S/C83H65N11O2/c1-80(54-60(56-84-80)50-58-44-46-70(62-28-12-4-13-29-62)73(52-58)77-87-91-93(89-77)82(64-32-16-6-17-33-64,65-34-18-7-19-35-65)66-36-20-8-21-37-66)75-49-48-72(79(95)96-3)76(86-75)81(2)55-61(57-85-81)51-59-45-47-71(63-30-14-5-15-31-63)74(53-59)78-88-92-94(90-78)83(67-38-22-9-23-39-67,68-40-24-10-25-41-68)69-42-26-11-27-43-69/h4-49,52-57H,50-51H2,1-3H3. The van der Waals surface area contributed by atoms with E-state index >= 15 is 0 Å². The van der Waals surface area contributed by atoms with Gasteiger partial charge in [0.15, 0.2) is 11.1 Å². The van der Waals surface area contributed by atoms with E-state index in [2.05, 4.69) is 146 Å². The van der Waals surface area contributed by atoms with Crippen LogP contribution in [0.3, 0.4) is 0 Å². The van der Waals surface area contributed by atoms with Crippen LogP contribution in [0.2, 0.25) is 0 Å². The topological polar surface area (TPSA) is 151 Å². The number of pyridine rings is 1. The highest BCUT2D eigenvalue weighted by Crippen LogP contribution is 2.45. The maximum absolute atomic E-state index is 13.8. The van der Waals surface area contributed by atoms with Crippen molar-refractivity contribution in [3.8, 4) is 45.0 Å². The molecular weight excluding hydrogens is 1180 g/mol. The van der Waals surface area contributed by atoms with Gasteiger partial charge in [0.05, 0.1) is 24.1 Å². The molecule has 2 aliphatic heterocycles. The molecule has 0 N–H and O–H groups in total. The quantitative estimate of drug-likeness (QED) is 0.0569. The fourth-order valence-corrected chi connectivity index (χ4v) is 13.9. The molecule has 0 saturated carbocycles. The summed E-state index contributed by atoms with van der Waals surface area (Å²) in [4.78, 5) is 32.9. The van der Waals surface area contributed by atoms with Crippen molar-refractivity contribution in [3.05, 3.63) is 376 Å². The van der Waals surface area contributed by atoms with Gasteiger partial charge in [-0.25, -0.2) is 4.79 Å². The van der Waals surface area contributed by atoms with Gasteiger partial charge in [-0.15, -0.1) is 30.0 Å². The Hall–Kier alpha value is -12.2. The van der Waals surface area contributed by atoms with E-state index < -0.39 is 28.1 Å². The third-order valence-electron chi connectivity index (χ3n) is 18.4. The zero-order valence-electron chi connectivity index (χ0n) is 53.2. The minimum Gasteiger partial charge on any atom is -0.465 e. The molecule has 464 valence electrons. The van der Waals surface area contributed by atoms with Crippen LogP contribution in [-0.2, 0) is 39.7 Å². The first-order valence-corrected chi connectivity index (χ1v) is 32.1. The Morgan fingerprint density at radius 3 is 1.11 bits per heavy atom. The molecule has 0 aliphatic carbocycles. The number of hydrogen-bond acceptors (Lipinski definition) is 11. The number of carbonyl (C=O) groups excluding carboxylic acids is 1. The minimum absolute atomic E-state index is 0.319. The van der Waals surface area contributed by atoms with E-state index in [4.69, 9.17) is 50.5 Å². The van der Waals surface area contributed by atoms with Crippen LogP contribution in [0.1, 0.15) is 80.1 Å². The molecule has 2 atom stereocenters. The molecule has 0 spiro atoms. The third kappa shape index (κ3) is 10.9. The van der Waals surface area contributed by atoms with Gasteiger partial charge in [-0.1, -0.05) is 267 Å². The molecule has 13 heteroatoms. The zero-order valence-corrected chi connectivity index (χ0v) is 53.2. The number of benzene rings is 10. The maximum atomic E-state index is 13.8. The van der Waals surface area contributed by atoms with E-state index in [1.54, 1.807) is 15.7 Å². The van der Waals surface area contributed by atoms with E-state index in [0.29, 0.717) is 41.4 Å². The van der Waals surface area contributed by atoms with Gasteiger partial charge in [-0.3, -0.25) is 15.0 Å². The SMILES string of the molecule is COC(=O)c1ccc(C2(C)C=C(Cc3ccc(-c4ccccc4)c(-c4nnn(C(c5ccccc5)(c5ccccc5)c5ccccc5)n4)c3)C=N2)nc1C1(C)C=C(Cc2ccc(-c3ccccc3)c(-c3nnn(C(c4ccccc4)(c4ccccc4)c4ccccc4)n3)c2)C=N1. The fraction of sp³-hybridized carbons (Fsp3) is 0.108. The molecule has 2 unspecified atom stereocenters. The molecule has 96 heavy (non-hydrogen) atoms. The van der Waals surface area contributed by atoms with Crippen LogP contribution in [0.4, 0.5) is 0 Å². The Kier molecular flexibility index (Phi) is 15.9. The summed E-state index contributed by atoms with van der Waals surface area (Å²) in [5.74, 6) is 0.456. The Morgan fingerprint density at radius 2 is 0.750 bits per heavy atom. The third-order valence-corrected chi connectivity index (χ3v) is 18.4. The predicted octanol–water partition coefficient (Wildman–Crippen LogP) is 16.1. The van der Waals surface area contributed by atoms with Gasteiger partial charge >= 0.3 is 5.97 Å². The number of carbonyl (C=O) groups is 1. The highest BCUT2D eigenvalue weighted by Gasteiger charge is 2.44. The van der Waals surface area contributed by atoms with Crippen molar-refractivity contribution in [3.63, 3.8) is 0 Å². The fourth-order valence-electron chi connectivity index (χ4n) is 13.9. The normalized spacial score (nSPS) is 15.9. The Balaban J connectivity index is 0.747. The summed E-state index contributed by atoms with van der Waals surface area (Å²) in [7, 11) is 1.39. The summed E-state index contributed by atoms with van der Waals surface area (Å²) >= 11 is 0. The first-order chi connectivity index (χ1) is 47.1. The van der Waals surface area contributed by atoms with Gasteiger partial charge in [0, 0.05) is 23.6 Å². The lowest BCUT2D eigenvalue weighted by molar-refractivity contribution is 0.0597. The monoisotopic (exact) mass is 1250 g/mol. The number of ether oxygens (including phenoxy) is 1. The molecule has 15 rings (SSSR count). The van der Waals surface area contributed by atoms with Crippen LogP contribution in [-0.4, -0.2) is 70.9 Å².